The molecule has 134 valence electrons. The Morgan fingerprint density at radius 2 is 1.92 bits per heavy atom. The van der Waals surface area contributed by atoms with Crippen molar-refractivity contribution in [1.29, 1.82) is 0 Å². The summed E-state index contributed by atoms with van der Waals surface area (Å²) in [6.45, 7) is 4.13. The van der Waals surface area contributed by atoms with E-state index >= 15 is 0 Å². The molecule has 3 heterocycles. The first kappa shape index (κ1) is 19.8. The zero-order valence-electron chi connectivity index (χ0n) is 13.5. The van der Waals surface area contributed by atoms with Crippen LogP contribution in [0.15, 0.2) is 33.5 Å². The van der Waals surface area contributed by atoms with E-state index in [9.17, 15) is 4.79 Å². The maximum atomic E-state index is 12.7. The lowest BCUT2D eigenvalue weighted by Crippen LogP contribution is -2.31. The normalized spacial score (nSPS) is 12.2. The Morgan fingerprint density at radius 3 is 2.60 bits per heavy atom. The van der Waals surface area contributed by atoms with Crippen molar-refractivity contribution >= 4 is 46.6 Å². The number of nitrogens with one attached hydrogen (secondary N) is 1. The number of benzene rings is 1. The third-order valence-electron chi connectivity index (χ3n) is 4.03. The molecule has 0 saturated heterocycles. The van der Waals surface area contributed by atoms with E-state index in [-0.39, 0.29) is 30.5 Å². The highest BCUT2D eigenvalue weighted by atomic mass is 79.9. The second-order valence-corrected chi connectivity index (χ2v) is 6.50. The van der Waals surface area contributed by atoms with Crippen molar-refractivity contribution in [2.45, 2.75) is 26.4 Å². The molecule has 0 aromatic heterocycles. The van der Waals surface area contributed by atoms with Gasteiger partial charge in [-0.3, -0.25) is 9.13 Å². The standard InChI is InChI=1S/C16H16BrN5O.2ClH/c1-2-8-21-15-12(14-18-7-9-22(14)16(21)23)19-13(20-15)10-3-5-11(17)6-4-10;;/h3-6,18H,2,7-9H2,1H3;2*1H. The second-order valence-electron chi connectivity index (χ2n) is 5.59. The molecule has 3 aliphatic heterocycles. The number of halogens is 3. The predicted molar refractivity (Wildman–Crippen MR) is 107 cm³/mol. The summed E-state index contributed by atoms with van der Waals surface area (Å²) in [6, 6.07) is 7.88. The van der Waals surface area contributed by atoms with Crippen LogP contribution in [-0.2, 0) is 13.1 Å². The van der Waals surface area contributed by atoms with Gasteiger partial charge in [0.15, 0.2) is 11.6 Å². The summed E-state index contributed by atoms with van der Waals surface area (Å²) < 4.78 is 4.51. The first-order chi connectivity index (χ1) is 11.2. The highest BCUT2D eigenvalue weighted by molar-refractivity contribution is 9.10. The van der Waals surface area contributed by atoms with Crippen molar-refractivity contribution in [3.05, 3.63) is 39.2 Å². The van der Waals surface area contributed by atoms with E-state index in [2.05, 4.69) is 33.2 Å². The largest absolute Gasteiger partial charge is 0.368 e. The molecule has 1 N–H and O–H groups in total. The van der Waals surface area contributed by atoms with Gasteiger partial charge < -0.3 is 5.32 Å². The van der Waals surface area contributed by atoms with Crippen LogP contribution in [0, 0.1) is 0 Å². The van der Waals surface area contributed by atoms with Gasteiger partial charge in [0.2, 0.25) is 0 Å². The van der Waals surface area contributed by atoms with Crippen LogP contribution in [0.1, 0.15) is 13.3 Å². The maximum absolute atomic E-state index is 12.7. The van der Waals surface area contributed by atoms with Crippen molar-refractivity contribution in [2.24, 2.45) is 0 Å². The molecule has 0 amide bonds. The second kappa shape index (κ2) is 7.76. The molecule has 0 radical (unpaired) electrons. The van der Waals surface area contributed by atoms with Crippen LogP contribution in [0.25, 0.3) is 22.9 Å². The molecule has 3 aliphatic rings. The molecule has 0 fully saturated rings. The zero-order chi connectivity index (χ0) is 16.0. The van der Waals surface area contributed by atoms with Gasteiger partial charge in [-0.2, -0.15) is 0 Å². The van der Waals surface area contributed by atoms with Crippen molar-refractivity contribution in [1.82, 2.24) is 19.1 Å². The maximum Gasteiger partial charge on any atom is 0.331 e. The lowest BCUT2D eigenvalue weighted by atomic mass is 10.2. The molecule has 1 aromatic carbocycles. The smallest absolute Gasteiger partial charge is 0.331 e. The van der Waals surface area contributed by atoms with Crippen LogP contribution < -0.4 is 11.0 Å². The third kappa shape index (κ3) is 3.28. The molecule has 0 aliphatic carbocycles. The highest BCUT2D eigenvalue weighted by Crippen LogP contribution is 2.31. The minimum absolute atomic E-state index is 0. The molecule has 4 rings (SSSR count). The number of fused-ring (bicyclic) bond motifs is 3. The van der Waals surface area contributed by atoms with Gasteiger partial charge in [0.25, 0.3) is 0 Å². The summed E-state index contributed by atoms with van der Waals surface area (Å²) in [4.78, 5) is 22.0. The first-order valence-electron chi connectivity index (χ1n) is 7.70. The topological polar surface area (TPSA) is 64.7 Å². The Labute approximate surface area is 166 Å². The van der Waals surface area contributed by atoms with Gasteiger partial charge in [0.05, 0.1) is 0 Å². The molecular weight excluding hydrogens is 429 g/mol. The fourth-order valence-electron chi connectivity index (χ4n) is 2.97. The molecule has 0 spiro atoms. The molecule has 0 unspecified atom stereocenters. The van der Waals surface area contributed by atoms with E-state index < -0.39 is 0 Å². The Hall–Kier alpha value is -1.57. The van der Waals surface area contributed by atoms with Crippen LogP contribution in [0.2, 0.25) is 0 Å². The number of imidazole rings is 1. The van der Waals surface area contributed by atoms with Crippen molar-refractivity contribution in [3.8, 4) is 22.9 Å². The Bertz CT molecular complexity index is 906. The predicted octanol–water partition coefficient (Wildman–Crippen LogP) is 3.65. The van der Waals surface area contributed by atoms with Crippen LogP contribution >= 0.6 is 40.7 Å². The average Bonchev–Trinajstić information content (AvgIpc) is 3.18. The van der Waals surface area contributed by atoms with Crippen LogP contribution in [-0.4, -0.2) is 25.6 Å². The first-order valence-corrected chi connectivity index (χ1v) is 8.49. The molecule has 0 saturated carbocycles. The van der Waals surface area contributed by atoms with Gasteiger partial charge >= 0.3 is 5.69 Å². The summed E-state index contributed by atoms with van der Waals surface area (Å²) in [5.41, 5.74) is 1.70. The van der Waals surface area contributed by atoms with E-state index in [4.69, 9.17) is 4.98 Å². The summed E-state index contributed by atoms with van der Waals surface area (Å²) in [5, 5.41) is 3.27. The summed E-state index contributed by atoms with van der Waals surface area (Å²) in [6.07, 6.45) is 0.877. The number of hydrogen-bond donors (Lipinski definition) is 1. The SMILES string of the molecule is CCCn1c2nc(-c3ccc(Br)cc3)nc-2c2n(c1=O)CCN2.Cl.Cl. The zero-order valence-corrected chi connectivity index (χ0v) is 16.7. The van der Waals surface area contributed by atoms with Crippen LogP contribution in [0.5, 0.6) is 0 Å². The lowest BCUT2D eigenvalue weighted by Gasteiger charge is -2.13. The monoisotopic (exact) mass is 445 g/mol. The number of nitrogens with zero attached hydrogens (tertiary/aromatic N) is 4. The average molecular weight is 447 g/mol. The molecule has 0 bridgehead atoms. The van der Waals surface area contributed by atoms with Gasteiger partial charge in [0, 0.05) is 29.7 Å². The number of anilines is 1. The summed E-state index contributed by atoms with van der Waals surface area (Å²) in [5.74, 6) is 2.10. The van der Waals surface area contributed by atoms with E-state index in [0.717, 1.165) is 34.5 Å². The molecule has 9 heteroatoms. The third-order valence-corrected chi connectivity index (χ3v) is 4.56. The fraction of sp³-hybridized carbons (Fsp3) is 0.312. The van der Waals surface area contributed by atoms with Crippen LogP contribution in [0.4, 0.5) is 5.82 Å². The van der Waals surface area contributed by atoms with Gasteiger partial charge in [-0.25, -0.2) is 14.8 Å². The van der Waals surface area contributed by atoms with Gasteiger partial charge in [-0.15, -0.1) is 24.8 Å². The number of aromatic nitrogens is 4. The van der Waals surface area contributed by atoms with Gasteiger partial charge in [-0.05, 0) is 18.6 Å². The quantitative estimate of drug-likeness (QED) is 0.666. The van der Waals surface area contributed by atoms with Gasteiger partial charge in [-0.1, -0.05) is 35.0 Å². The van der Waals surface area contributed by atoms with E-state index in [0.29, 0.717) is 24.7 Å². The van der Waals surface area contributed by atoms with E-state index in [1.54, 1.807) is 9.13 Å². The molecule has 6 nitrogen and oxygen atoms in total. The minimum Gasteiger partial charge on any atom is -0.368 e. The Kier molecular flexibility index (Phi) is 6.13. The molecule has 25 heavy (non-hydrogen) atoms. The Balaban J connectivity index is 0.00000113. The molecule has 1 aromatic rings. The lowest BCUT2D eigenvalue weighted by molar-refractivity contribution is 0.589. The van der Waals surface area contributed by atoms with Crippen molar-refractivity contribution < 1.29 is 0 Å². The number of rotatable bonds is 3. The van der Waals surface area contributed by atoms with Gasteiger partial charge in [0.1, 0.15) is 11.5 Å². The van der Waals surface area contributed by atoms with E-state index in [1.165, 1.54) is 0 Å². The van der Waals surface area contributed by atoms with Crippen molar-refractivity contribution in [3.63, 3.8) is 0 Å². The Morgan fingerprint density at radius 1 is 1.20 bits per heavy atom. The summed E-state index contributed by atoms with van der Waals surface area (Å²) in [7, 11) is 0. The molecule has 0 atom stereocenters. The van der Waals surface area contributed by atoms with Crippen molar-refractivity contribution in [2.75, 3.05) is 11.9 Å². The van der Waals surface area contributed by atoms with Crippen LogP contribution in [0.3, 0.4) is 0 Å². The molecular formula is C16H18BrCl2N5O. The van der Waals surface area contributed by atoms with E-state index in [1.807, 2.05) is 24.3 Å². The summed E-state index contributed by atoms with van der Waals surface area (Å²) >= 11 is 3.44. The fourth-order valence-corrected chi connectivity index (χ4v) is 3.23. The minimum atomic E-state index is -0.0124. The highest BCUT2D eigenvalue weighted by Gasteiger charge is 2.27. The number of hydrogen-bond acceptors (Lipinski definition) is 4.